The lowest BCUT2D eigenvalue weighted by Crippen LogP contribution is -2.43. The predicted molar refractivity (Wildman–Crippen MR) is 72.3 cm³/mol. The fourth-order valence-electron chi connectivity index (χ4n) is 2.09. The second-order valence-corrected chi connectivity index (χ2v) is 4.69. The minimum atomic E-state index is -0.879. The standard InChI is InChI=1S/C15H20O4/c1-4-10-18-13(16)12-8-6-7-9-15(12,3)14(17)19-11-5-2/h4-7,12H,1-2,8-11H2,3H3. The average molecular weight is 264 g/mol. The summed E-state index contributed by atoms with van der Waals surface area (Å²) >= 11 is 0. The van der Waals surface area contributed by atoms with E-state index in [0.29, 0.717) is 12.8 Å². The number of ether oxygens (including phenoxy) is 2. The van der Waals surface area contributed by atoms with E-state index in [0.717, 1.165) is 0 Å². The molecule has 0 aromatic heterocycles. The van der Waals surface area contributed by atoms with E-state index in [4.69, 9.17) is 9.47 Å². The van der Waals surface area contributed by atoms with Crippen LogP contribution in [0.25, 0.3) is 0 Å². The highest BCUT2D eigenvalue weighted by atomic mass is 16.5. The van der Waals surface area contributed by atoms with Crippen molar-refractivity contribution in [2.45, 2.75) is 19.8 Å². The molecule has 1 aliphatic carbocycles. The number of esters is 2. The Balaban J connectivity index is 2.83. The zero-order chi connectivity index (χ0) is 14.3. The van der Waals surface area contributed by atoms with Gasteiger partial charge in [-0.2, -0.15) is 0 Å². The van der Waals surface area contributed by atoms with Crippen LogP contribution in [-0.4, -0.2) is 25.2 Å². The Kier molecular flexibility index (Phi) is 5.55. The summed E-state index contributed by atoms with van der Waals surface area (Å²) in [6, 6.07) is 0. The Morgan fingerprint density at radius 3 is 2.53 bits per heavy atom. The van der Waals surface area contributed by atoms with Gasteiger partial charge in [-0.1, -0.05) is 37.5 Å². The van der Waals surface area contributed by atoms with E-state index in [-0.39, 0.29) is 19.2 Å². The summed E-state index contributed by atoms with van der Waals surface area (Å²) in [6.45, 7) is 9.03. The van der Waals surface area contributed by atoms with Gasteiger partial charge in [0.05, 0.1) is 11.3 Å². The van der Waals surface area contributed by atoms with Crippen molar-refractivity contribution in [3.63, 3.8) is 0 Å². The molecule has 2 atom stereocenters. The number of hydrogen-bond donors (Lipinski definition) is 0. The molecular formula is C15H20O4. The minimum Gasteiger partial charge on any atom is -0.461 e. The molecular weight excluding hydrogens is 244 g/mol. The number of rotatable bonds is 6. The van der Waals surface area contributed by atoms with Crippen molar-refractivity contribution >= 4 is 11.9 Å². The van der Waals surface area contributed by atoms with Crippen LogP contribution >= 0.6 is 0 Å². The van der Waals surface area contributed by atoms with Crippen molar-refractivity contribution < 1.29 is 19.1 Å². The maximum atomic E-state index is 12.1. The quantitative estimate of drug-likeness (QED) is 0.546. The minimum absolute atomic E-state index is 0.145. The van der Waals surface area contributed by atoms with Gasteiger partial charge in [0.25, 0.3) is 0 Å². The number of carbonyl (C=O) groups excluding carboxylic acids is 2. The van der Waals surface area contributed by atoms with Crippen molar-refractivity contribution in [1.82, 2.24) is 0 Å². The van der Waals surface area contributed by atoms with Gasteiger partial charge in [0.2, 0.25) is 0 Å². The normalized spacial score (nSPS) is 25.4. The summed E-state index contributed by atoms with van der Waals surface area (Å²) < 4.78 is 10.2. The van der Waals surface area contributed by atoms with Gasteiger partial charge in [-0.15, -0.1) is 0 Å². The highest BCUT2D eigenvalue weighted by molar-refractivity contribution is 5.86. The smallest absolute Gasteiger partial charge is 0.313 e. The molecule has 0 saturated heterocycles. The lowest BCUT2D eigenvalue weighted by Gasteiger charge is -2.34. The Bertz CT molecular complexity index is 397. The van der Waals surface area contributed by atoms with E-state index in [1.807, 2.05) is 12.2 Å². The molecule has 4 nitrogen and oxygen atoms in total. The van der Waals surface area contributed by atoms with Crippen LogP contribution in [0.4, 0.5) is 0 Å². The molecule has 1 aliphatic rings. The van der Waals surface area contributed by atoms with Crippen LogP contribution in [-0.2, 0) is 19.1 Å². The van der Waals surface area contributed by atoms with Crippen molar-refractivity contribution in [1.29, 1.82) is 0 Å². The molecule has 0 radical (unpaired) electrons. The molecule has 0 amide bonds. The van der Waals surface area contributed by atoms with E-state index in [2.05, 4.69) is 13.2 Å². The van der Waals surface area contributed by atoms with Crippen LogP contribution in [0.5, 0.6) is 0 Å². The largest absolute Gasteiger partial charge is 0.461 e. The van der Waals surface area contributed by atoms with Crippen LogP contribution in [0.15, 0.2) is 37.5 Å². The SMILES string of the molecule is C=CCOC(=O)C1CC=CCC1(C)C(=O)OCC=C. The molecule has 0 fully saturated rings. The van der Waals surface area contributed by atoms with Crippen LogP contribution in [0.1, 0.15) is 19.8 Å². The van der Waals surface area contributed by atoms with E-state index in [9.17, 15) is 9.59 Å². The van der Waals surface area contributed by atoms with Gasteiger partial charge in [0.1, 0.15) is 13.2 Å². The molecule has 0 heterocycles. The molecule has 0 aromatic rings. The summed E-state index contributed by atoms with van der Waals surface area (Å²) in [5.74, 6) is -1.30. The fourth-order valence-corrected chi connectivity index (χ4v) is 2.09. The molecule has 0 N–H and O–H groups in total. The van der Waals surface area contributed by atoms with Gasteiger partial charge in [0, 0.05) is 0 Å². The lowest BCUT2D eigenvalue weighted by atomic mass is 9.70. The first-order valence-corrected chi connectivity index (χ1v) is 6.27. The first-order chi connectivity index (χ1) is 9.06. The second kappa shape index (κ2) is 6.92. The van der Waals surface area contributed by atoms with Crippen molar-refractivity contribution in [3.05, 3.63) is 37.5 Å². The molecule has 0 spiro atoms. The van der Waals surface area contributed by atoms with E-state index < -0.39 is 17.3 Å². The van der Waals surface area contributed by atoms with E-state index in [1.54, 1.807) is 6.92 Å². The Labute approximate surface area is 113 Å². The fraction of sp³-hybridized carbons (Fsp3) is 0.467. The molecule has 0 aromatic carbocycles. The third-order valence-corrected chi connectivity index (χ3v) is 3.28. The third-order valence-electron chi connectivity index (χ3n) is 3.28. The Morgan fingerprint density at radius 2 is 1.89 bits per heavy atom. The van der Waals surface area contributed by atoms with Crippen molar-refractivity contribution in [3.8, 4) is 0 Å². The maximum Gasteiger partial charge on any atom is 0.313 e. The number of hydrogen-bond acceptors (Lipinski definition) is 4. The number of carbonyl (C=O) groups is 2. The number of allylic oxidation sites excluding steroid dienone is 2. The van der Waals surface area contributed by atoms with Gasteiger partial charge >= 0.3 is 11.9 Å². The molecule has 0 aliphatic heterocycles. The van der Waals surface area contributed by atoms with Crippen molar-refractivity contribution in [2.24, 2.45) is 11.3 Å². The highest BCUT2D eigenvalue weighted by Gasteiger charge is 2.47. The van der Waals surface area contributed by atoms with Crippen LogP contribution < -0.4 is 0 Å². The third kappa shape index (κ3) is 3.56. The molecule has 4 heteroatoms. The summed E-state index contributed by atoms with van der Waals surface area (Å²) in [4.78, 5) is 24.2. The monoisotopic (exact) mass is 264 g/mol. The topological polar surface area (TPSA) is 52.6 Å². The van der Waals surface area contributed by atoms with Gasteiger partial charge in [-0.3, -0.25) is 9.59 Å². The highest BCUT2D eigenvalue weighted by Crippen LogP contribution is 2.39. The van der Waals surface area contributed by atoms with Gasteiger partial charge < -0.3 is 9.47 Å². The van der Waals surface area contributed by atoms with Crippen molar-refractivity contribution in [2.75, 3.05) is 13.2 Å². The zero-order valence-electron chi connectivity index (χ0n) is 11.3. The molecule has 0 bridgehead atoms. The first kappa shape index (κ1) is 15.2. The van der Waals surface area contributed by atoms with Gasteiger partial charge in [-0.25, -0.2) is 0 Å². The maximum absolute atomic E-state index is 12.1. The van der Waals surface area contributed by atoms with Gasteiger partial charge in [0.15, 0.2) is 0 Å². The van der Waals surface area contributed by atoms with Crippen LogP contribution in [0.2, 0.25) is 0 Å². The van der Waals surface area contributed by atoms with E-state index >= 15 is 0 Å². The molecule has 2 unspecified atom stereocenters. The predicted octanol–water partition coefficient (Wildman–Crippen LogP) is 2.42. The summed E-state index contributed by atoms with van der Waals surface area (Å²) in [5, 5.41) is 0. The lowest BCUT2D eigenvalue weighted by molar-refractivity contribution is -0.167. The van der Waals surface area contributed by atoms with Crippen LogP contribution in [0, 0.1) is 11.3 Å². The summed E-state index contributed by atoms with van der Waals surface area (Å²) in [5.41, 5.74) is -0.879. The first-order valence-electron chi connectivity index (χ1n) is 6.27. The zero-order valence-corrected chi connectivity index (χ0v) is 11.3. The van der Waals surface area contributed by atoms with Gasteiger partial charge in [-0.05, 0) is 19.8 Å². The second-order valence-electron chi connectivity index (χ2n) is 4.69. The Hall–Kier alpha value is -1.84. The summed E-state index contributed by atoms with van der Waals surface area (Å²) in [7, 11) is 0. The average Bonchev–Trinajstić information content (AvgIpc) is 2.42. The molecule has 1 rings (SSSR count). The molecule has 0 saturated carbocycles. The Morgan fingerprint density at radius 1 is 1.26 bits per heavy atom. The molecule has 19 heavy (non-hydrogen) atoms. The van der Waals surface area contributed by atoms with Crippen LogP contribution in [0.3, 0.4) is 0 Å². The summed E-state index contributed by atoms with van der Waals surface area (Å²) in [6.07, 6.45) is 7.75. The molecule has 104 valence electrons. The van der Waals surface area contributed by atoms with E-state index in [1.165, 1.54) is 12.2 Å².